The molecule has 0 saturated carbocycles. The summed E-state index contributed by atoms with van der Waals surface area (Å²) in [6.45, 7) is 6.55. The minimum atomic E-state index is -0.255. The van der Waals surface area contributed by atoms with Crippen molar-refractivity contribution in [3.05, 3.63) is 94.8 Å². The van der Waals surface area contributed by atoms with Crippen molar-refractivity contribution in [2.45, 2.75) is 39.7 Å². The third-order valence-corrected chi connectivity index (χ3v) is 8.29. The van der Waals surface area contributed by atoms with Gasteiger partial charge in [-0.15, -0.1) is 0 Å². The lowest BCUT2D eigenvalue weighted by molar-refractivity contribution is 0.269. The lowest BCUT2D eigenvalue weighted by Crippen LogP contribution is -2.23. The van der Waals surface area contributed by atoms with Crippen LogP contribution in [-0.2, 0) is 6.61 Å². The van der Waals surface area contributed by atoms with Crippen molar-refractivity contribution >= 4 is 72.2 Å². The third kappa shape index (κ3) is 6.09. The first-order chi connectivity index (χ1) is 18.2. The second-order valence-electron chi connectivity index (χ2n) is 8.54. The first kappa shape index (κ1) is 28.6. The largest absolute Gasteiger partial charge is 0.490 e. The SMILES string of the molecule is CCOc1cc(C=Nn2c([C@H](C)CC)nc3ccc(Br)cc3c2=O)c(Br)c(Cl)c1OCc1ccccc1Cl. The van der Waals surface area contributed by atoms with Crippen molar-refractivity contribution < 1.29 is 9.47 Å². The van der Waals surface area contributed by atoms with Crippen LogP contribution in [0.25, 0.3) is 10.9 Å². The van der Waals surface area contributed by atoms with Gasteiger partial charge >= 0.3 is 0 Å². The fraction of sp³-hybridized carbons (Fsp3) is 0.250. The standard InChI is InChI=1S/C28H25Br2Cl2N3O3/c1-4-16(3)27-34-22-11-10-19(29)13-20(22)28(36)35(27)33-14-18-12-23(37-5-2)26(25(32)24(18)30)38-15-17-8-6-7-9-21(17)31/h6-14,16H,4-5,15H2,1-3H3/t16-/m1/s1. The minimum absolute atomic E-state index is 0.0134. The molecule has 0 saturated heterocycles. The molecule has 0 bridgehead atoms. The number of ether oxygens (including phenoxy) is 2. The highest BCUT2D eigenvalue weighted by atomic mass is 79.9. The average Bonchev–Trinajstić information content (AvgIpc) is 2.91. The van der Waals surface area contributed by atoms with E-state index in [1.807, 2.05) is 51.1 Å². The summed E-state index contributed by atoms with van der Waals surface area (Å²) in [6.07, 6.45) is 2.36. The van der Waals surface area contributed by atoms with E-state index in [1.165, 1.54) is 4.68 Å². The lowest BCUT2D eigenvalue weighted by atomic mass is 10.1. The summed E-state index contributed by atoms with van der Waals surface area (Å²) in [5, 5.41) is 5.95. The molecule has 6 nitrogen and oxygen atoms in total. The molecule has 38 heavy (non-hydrogen) atoms. The zero-order valence-corrected chi connectivity index (χ0v) is 25.7. The number of hydrogen-bond acceptors (Lipinski definition) is 5. The Kier molecular flexibility index (Phi) is 9.52. The van der Waals surface area contributed by atoms with Crippen LogP contribution in [0.5, 0.6) is 11.5 Å². The minimum Gasteiger partial charge on any atom is -0.490 e. The Morgan fingerprint density at radius 2 is 1.87 bits per heavy atom. The molecule has 0 unspecified atom stereocenters. The average molecular weight is 682 g/mol. The van der Waals surface area contributed by atoms with Gasteiger partial charge < -0.3 is 9.47 Å². The summed E-state index contributed by atoms with van der Waals surface area (Å²) in [4.78, 5) is 18.2. The highest BCUT2D eigenvalue weighted by Crippen LogP contribution is 2.43. The molecule has 0 aliphatic carbocycles. The Labute approximate surface area is 247 Å². The number of fused-ring (bicyclic) bond motifs is 1. The zero-order chi connectivity index (χ0) is 27.4. The molecule has 10 heteroatoms. The first-order valence-corrected chi connectivity index (χ1v) is 14.4. The Balaban J connectivity index is 1.77. The number of hydrogen-bond donors (Lipinski definition) is 0. The van der Waals surface area contributed by atoms with Gasteiger partial charge in [-0.3, -0.25) is 4.79 Å². The number of benzene rings is 3. The maximum absolute atomic E-state index is 13.5. The maximum Gasteiger partial charge on any atom is 0.282 e. The van der Waals surface area contributed by atoms with Crippen LogP contribution in [0, 0.1) is 0 Å². The Bertz CT molecular complexity index is 1570. The smallest absolute Gasteiger partial charge is 0.282 e. The summed E-state index contributed by atoms with van der Waals surface area (Å²) in [5.74, 6) is 1.42. The molecule has 1 heterocycles. The summed E-state index contributed by atoms with van der Waals surface area (Å²) in [7, 11) is 0. The normalized spacial score (nSPS) is 12.3. The number of halogens is 4. The van der Waals surface area contributed by atoms with E-state index in [4.69, 9.17) is 37.7 Å². The van der Waals surface area contributed by atoms with E-state index in [9.17, 15) is 4.79 Å². The van der Waals surface area contributed by atoms with Gasteiger partial charge in [-0.05, 0) is 59.6 Å². The topological polar surface area (TPSA) is 65.7 Å². The Morgan fingerprint density at radius 1 is 1.11 bits per heavy atom. The molecule has 0 aliphatic rings. The van der Waals surface area contributed by atoms with Crippen LogP contribution >= 0.6 is 55.1 Å². The molecule has 0 spiro atoms. The first-order valence-electron chi connectivity index (χ1n) is 12.0. The van der Waals surface area contributed by atoms with Crippen LogP contribution < -0.4 is 15.0 Å². The van der Waals surface area contributed by atoms with Gasteiger partial charge in [0, 0.05) is 31.0 Å². The van der Waals surface area contributed by atoms with Gasteiger partial charge in [0.1, 0.15) is 17.5 Å². The second kappa shape index (κ2) is 12.6. The van der Waals surface area contributed by atoms with E-state index in [2.05, 4.69) is 37.0 Å². The predicted molar refractivity (Wildman–Crippen MR) is 162 cm³/mol. The van der Waals surface area contributed by atoms with Crippen molar-refractivity contribution in [1.29, 1.82) is 0 Å². The van der Waals surface area contributed by atoms with Crippen LogP contribution in [0.3, 0.4) is 0 Å². The molecule has 3 aromatic carbocycles. The molecule has 4 aromatic rings. The molecule has 0 radical (unpaired) electrons. The monoisotopic (exact) mass is 679 g/mol. The van der Waals surface area contributed by atoms with E-state index < -0.39 is 0 Å². The Morgan fingerprint density at radius 3 is 2.58 bits per heavy atom. The van der Waals surface area contributed by atoms with Crippen molar-refractivity contribution in [2.75, 3.05) is 6.61 Å². The quantitative estimate of drug-likeness (QED) is 0.166. The van der Waals surface area contributed by atoms with Crippen LogP contribution in [0.1, 0.15) is 50.1 Å². The summed E-state index contributed by atoms with van der Waals surface area (Å²) < 4.78 is 14.6. The van der Waals surface area contributed by atoms with Crippen LogP contribution in [-0.4, -0.2) is 22.5 Å². The summed E-state index contributed by atoms with van der Waals surface area (Å²) >= 11 is 20.0. The van der Waals surface area contributed by atoms with Gasteiger partial charge in [0.15, 0.2) is 11.5 Å². The molecule has 0 fully saturated rings. The fourth-order valence-corrected chi connectivity index (χ4v) is 4.97. The van der Waals surface area contributed by atoms with E-state index in [1.54, 1.807) is 24.4 Å². The van der Waals surface area contributed by atoms with Crippen molar-refractivity contribution in [3.8, 4) is 11.5 Å². The number of rotatable bonds is 9. The highest BCUT2D eigenvalue weighted by molar-refractivity contribution is 9.10. The van der Waals surface area contributed by atoms with Crippen molar-refractivity contribution in [2.24, 2.45) is 5.10 Å². The molecule has 1 aromatic heterocycles. The van der Waals surface area contributed by atoms with E-state index in [0.717, 1.165) is 16.5 Å². The van der Waals surface area contributed by atoms with Gasteiger partial charge in [-0.2, -0.15) is 9.78 Å². The molecule has 0 N–H and O–H groups in total. The summed E-state index contributed by atoms with van der Waals surface area (Å²) in [5.41, 5.74) is 1.80. The van der Waals surface area contributed by atoms with Gasteiger partial charge in [0.05, 0.1) is 23.7 Å². The lowest BCUT2D eigenvalue weighted by Gasteiger charge is -2.17. The van der Waals surface area contributed by atoms with E-state index in [-0.39, 0.29) is 18.1 Å². The third-order valence-electron chi connectivity index (χ3n) is 5.98. The zero-order valence-electron chi connectivity index (χ0n) is 21.0. The molecule has 4 rings (SSSR count). The maximum atomic E-state index is 13.5. The van der Waals surface area contributed by atoms with E-state index >= 15 is 0 Å². The van der Waals surface area contributed by atoms with E-state index in [0.29, 0.717) is 54.9 Å². The van der Waals surface area contributed by atoms with Crippen molar-refractivity contribution in [1.82, 2.24) is 9.66 Å². The molecular weight excluding hydrogens is 657 g/mol. The molecule has 1 atom stereocenters. The molecule has 198 valence electrons. The Hall–Kier alpha value is -2.39. The number of aromatic nitrogens is 2. The van der Waals surface area contributed by atoms with Crippen molar-refractivity contribution in [3.63, 3.8) is 0 Å². The molecule has 0 amide bonds. The second-order valence-corrected chi connectivity index (χ2v) is 11.0. The summed E-state index contributed by atoms with van der Waals surface area (Å²) in [6, 6.07) is 14.6. The molecule has 0 aliphatic heterocycles. The predicted octanol–water partition coefficient (Wildman–Crippen LogP) is 8.60. The van der Waals surface area contributed by atoms with Gasteiger partial charge in [0.2, 0.25) is 0 Å². The van der Waals surface area contributed by atoms with Gasteiger partial charge in [0.25, 0.3) is 5.56 Å². The van der Waals surface area contributed by atoms with Crippen LogP contribution in [0.2, 0.25) is 10.0 Å². The molecular formula is C28H25Br2Cl2N3O3. The van der Waals surface area contributed by atoms with Gasteiger partial charge in [-0.25, -0.2) is 4.98 Å². The van der Waals surface area contributed by atoms with Crippen LogP contribution in [0.15, 0.2) is 67.4 Å². The van der Waals surface area contributed by atoms with Crippen LogP contribution in [0.4, 0.5) is 0 Å². The highest BCUT2D eigenvalue weighted by Gasteiger charge is 2.19. The fourth-order valence-electron chi connectivity index (χ4n) is 3.76. The number of nitrogens with zero attached hydrogens (tertiary/aromatic N) is 3. The van der Waals surface area contributed by atoms with Gasteiger partial charge in [-0.1, -0.05) is 71.2 Å².